The van der Waals surface area contributed by atoms with Gasteiger partial charge in [-0.25, -0.2) is 0 Å². The standard InChI is InChI=1S/C24H38O2Si/c1-7-24(6,26-27(8-2,9-3)10-4)20-14-15-21(5)23(25)19-18-22-16-12-11-13-17-22/h1,11-13,15-17,23,25H,8-10,14,18-20H2,2-6H3. The van der Waals surface area contributed by atoms with Gasteiger partial charge in [-0.15, -0.1) is 6.42 Å². The number of terminal acetylenes is 1. The third-order valence-electron chi connectivity index (χ3n) is 5.84. The molecule has 27 heavy (non-hydrogen) atoms. The molecule has 1 rings (SSSR count). The first-order valence-electron chi connectivity index (χ1n) is 10.4. The number of allylic oxidation sites excluding steroid dienone is 1. The minimum Gasteiger partial charge on any atom is -0.401 e. The Morgan fingerprint density at radius 3 is 2.33 bits per heavy atom. The average Bonchev–Trinajstić information content (AvgIpc) is 2.71. The first kappa shape index (κ1) is 23.7. The largest absolute Gasteiger partial charge is 0.401 e. The first-order valence-corrected chi connectivity index (χ1v) is 12.9. The Balaban J connectivity index is 2.59. The van der Waals surface area contributed by atoms with Crippen LogP contribution in [0.4, 0.5) is 0 Å². The highest BCUT2D eigenvalue weighted by atomic mass is 28.4. The van der Waals surface area contributed by atoms with Crippen LogP contribution in [0.2, 0.25) is 18.1 Å². The SMILES string of the molecule is C#CC(C)(CCC=C(C)C(O)CCc1ccccc1)O[Si](CC)(CC)CC. The molecule has 0 amide bonds. The van der Waals surface area contributed by atoms with Crippen LogP contribution in [0.5, 0.6) is 0 Å². The number of rotatable bonds is 12. The van der Waals surface area contributed by atoms with E-state index >= 15 is 0 Å². The Morgan fingerprint density at radius 2 is 1.81 bits per heavy atom. The van der Waals surface area contributed by atoms with Gasteiger partial charge < -0.3 is 9.53 Å². The summed E-state index contributed by atoms with van der Waals surface area (Å²) in [5.41, 5.74) is 1.77. The van der Waals surface area contributed by atoms with Gasteiger partial charge in [0.25, 0.3) is 0 Å². The summed E-state index contributed by atoms with van der Waals surface area (Å²) in [7, 11) is -1.74. The molecule has 2 unspecified atom stereocenters. The van der Waals surface area contributed by atoms with E-state index in [1.807, 2.05) is 32.0 Å². The molecule has 1 aromatic rings. The van der Waals surface area contributed by atoms with E-state index < -0.39 is 20.0 Å². The Hall–Kier alpha value is -1.34. The summed E-state index contributed by atoms with van der Waals surface area (Å²) in [6.07, 6.45) is 10.8. The molecule has 0 spiro atoms. The van der Waals surface area contributed by atoms with E-state index in [4.69, 9.17) is 10.8 Å². The highest BCUT2D eigenvalue weighted by Crippen LogP contribution is 2.30. The van der Waals surface area contributed by atoms with Gasteiger partial charge in [0, 0.05) is 0 Å². The number of aliphatic hydroxyl groups excluding tert-OH is 1. The second-order valence-corrected chi connectivity index (χ2v) is 12.4. The number of aryl methyl sites for hydroxylation is 1. The maximum Gasteiger partial charge on any atom is 0.194 e. The summed E-state index contributed by atoms with van der Waals surface area (Å²) in [6.45, 7) is 10.7. The van der Waals surface area contributed by atoms with Crippen LogP contribution in [0.1, 0.15) is 59.4 Å². The normalized spacial score (nSPS) is 15.8. The van der Waals surface area contributed by atoms with Gasteiger partial charge in [-0.1, -0.05) is 63.1 Å². The Kier molecular flexibility index (Phi) is 10.1. The quantitative estimate of drug-likeness (QED) is 0.266. The molecule has 0 aliphatic carbocycles. The van der Waals surface area contributed by atoms with Gasteiger partial charge in [-0.2, -0.15) is 0 Å². The first-order chi connectivity index (χ1) is 12.8. The lowest BCUT2D eigenvalue weighted by atomic mass is 9.98. The van der Waals surface area contributed by atoms with Gasteiger partial charge in [0.2, 0.25) is 0 Å². The van der Waals surface area contributed by atoms with Gasteiger partial charge in [0.1, 0.15) is 5.60 Å². The lowest BCUT2D eigenvalue weighted by Crippen LogP contribution is -2.45. The molecule has 0 fully saturated rings. The van der Waals surface area contributed by atoms with Crippen molar-refractivity contribution in [3.05, 3.63) is 47.5 Å². The van der Waals surface area contributed by atoms with Crippen molar-refractivity contribution in [3.63, 3.8) is 0 Å². The van der Waals surface area contributed by atoms with E-state index in [0.717, 1.165) is 49.4 Å². The molecule has 0 saturated carbocycles. The molecular weight excluding hydrogens is 348 g/mol. The number of hydrogen-bond donors (Lipinski definition) is 1. The molecule has 150 valence electrons. The van der Waals surface area contributed by atoms with Crippen LogP contribution < -0.4 is 0 Å². The topological polar surface area (TPSA) is 29.5 Å². The zero-order chi connectivity index (χ0) is 20.3. The van der Waals surface area contributed by atoms with Crippen molar-refractivity contribution < 1.29 is 9.53 Å². The molecule has 0 aromatic heterocycles. The summed E-state index contributed by atoms with van der Waals surface area (Å²) in [5, 5.41) is 10.4. The van der Waals surface area contributed by atoms with Crippen molar-refractivity contribution in [2.24, 2.45) is 0 Å². The Morgan fingerprint density at radius 1 is 1.22 bits per heavy atom. The number of benzene rings is 1. The summed E-state index contributed by atoms with van der Waals surface area (Å²) in [4.78, 5) is 0. The van der Waals surface area contributed by atoms with Gasteiger partial charge in [0.15, 0.2) is 8.32 Å². The highest BCUT2D eigenvalue weighted by molar-refractivity contribution is 6.73. The third-order valence-corrected chi connectivity index (χ3v) is 10.6. The third kappa shape index (κ3) is 7.66. The van der Waals surface area contributed by atoms with E-state index in [9.17, 15) is 5.11 Å². The molecule has 0 aliphatic heterocycles. The Bertz CT molecular complexity index is 605. The second kappa shape index (κ2) is 11.5. The van der Waals surface area contributed by atoms with Gasteiger partial charge >= 0.3 is 0 Å². The Labute approximate surface area is 168 Å². The van der Waals surface area contributed by atoms with Crippen LogP contribution in [0.3, 0.4) is 0 Å². The van der Waals surface area contributed by atoms with Crippen LogP contribution >= 0.6 is 0 Å². The molecule has 2 nitrogen and oxygen atoms in total. The van der Waals surface area contributed by atoms with Crippen molar-refractivity contribution in [1.82, 2.24) is 0 Å². The fraction of sp³-hybridized carbons (Fsp3) is 0.583. The summed E-state index contributed by atoms with van der Waals surface area (Å²) in [5.74, 6) is 2.91. The summed E-state index contributed by atoms with van der Waals surface area (Å²) in [6, 6.07) is 13.6. The van der Waals surface area contributed by atoms with E-state index in [1.165, 1.54) is 5.56 Å². The van der Waals surface area contributed by atoms with E-state index in [-0.39, 0.29) is 0 Å². The van der Waals surface area contributed by atoms with Crippen LogP contribution in [-0.2, 0) is 10.8 Å². The molecule has 0 heterocycles. The van der Waals surface area contributed by atoms with Crippen LogP contribution in [0, 0.1) is 12.3 Å². The number of hydrogen-bond acceptors (Lipinski definition) is 2. The molecule has 0 aliphatic rings. The van der Waals surface area contributed by atoms with Gasteiger partial charge in [-0.05, 0) is 68.8 Å². The maximum absolute atomic E-state index is 10.4. The predicted octanol–water partition coefficient (Wildman–Crippen LogP) is 6.12. The van der Waals surface area contributed by atoms with E-state index in [1.54, 1.807) is 0 Å². The highest BCUT2D eigenvalue weighted by Gasteiger charge is 2.36. The van der Waals surface area contributed by atoms with Crippen molar-refractivity contribution in [2.75, 3.05) is 0 Å². The number of aliphatic hydroxyl groups is 1. The van der Waals surface area contributed by atoms with Crippen LogP contribution in [-0.4, -0.2) is 25.1 Å². The fourth-order valence-corrected chi connectivity index (χ4v) is 6.53. The zero-order valence-corrected chi connectivity index (χ0v) is 18.9. The molecule has 0 bridgehead atoms. The molecule has 0 radical (unpaired) electrons. The van der Waals surface area contributed by atoms with Crippen molar-refractivity contribution in [2.45, 2.75) is 90.1 Å². The molecule has 1 aromatic carbocycles. The molecule has 2 atom stereocenters. The molecule has 3 heteroatoms. The molecule has 1 N–H and O–H groups in total. The van der Waals surface area contributed by atoms with Crippen molar-refractivity contribution in [3.8, 4) is 12.3 Å². The monoisotopic (exact) mass is 386 g/mol. The van der Waals surface area contributed by atoms with Crippen molar-refractivity contribution >= 4 is 8.32 Å². The van der Waals surface area contributed by atoms with E-state index in [2.05, 4.69) is 44.9 Å². The fourth-order valence-electron chi connectivity index (χ4n) is 3.48. The zero-order valence-electron chi connectivity index (χ0n) is 17.9. The smallest absolute Gasteiger partial charge is 0.194 e. The molecule has 0 saturated heterocycles. The second-order valence-electron chi connectivity index (χ2n) is 7.75. The lowest BCUT2D eigenvalue weighted by Gasteiger charge is -2.37. The van der Waals surface area contributed by atoms with Crippen LogP contribution in [0.15, 0.2) is 42.0 Å². The van der Waals surface area contributed by atoms with Gasteiger partial charge in [-0.3, -0.25) is 0 Å². The maximum atomic E-state index is 10.4. The molecular formula is C24H38O2Si. The average molecular weight is 387 g/mol. The minimum atomic E-state index is -1.74. The van der Waals surface area contributed by atoms with Crippen LogP contribution in [0.25, 0.3) is 0 Å². The summed E-state index contributed by atoms with van der Waals surface area (Å²) < 4.78 is 6.58. The minimum absolute atomic E-state index is 0.404. The lowest BCUT2D eigenvalue weighted by molar-refractivity contribution is 0.127. The van der Waals surface area contributed by atoms with Gasteiger partial charge in [0.05, 0.1) is 6.10 Å². The summed E-state index contributed by atoms with van der Waals surface area (Å²) >= 11 is 0. The predicted molar refractivity (Wildman–Crippen MR) is 119 cm³/mol. The van der Waals surface area contributed by atoms with Crippen molar-refractivity contribution in [1.29, 1.82) is 0 Å². The van der Waals surface area contributed by atoms with E-state index in [0.29, 0.717) is 0 Å².